The number of hydrogen-bond donors (Lipinski definition) is 1. The number of methoxy groups -OCH3 is 1. The highest BCUT2D eigenvalue weighted by atomic mass is 16.5. The highest BCUT2D eigenvalue weighted by Crippen LogP contribution is 2.46. The van der Waals surface area contributed by atoms with Gasteiger partial charge in [-0.3, -0.25) is 0 Å². The van der Waals surface area contributed by atoms with Gasteiger partial charge in [0.1, 0.15) is 5.75 Å². The maximum atomic E-state index is 5.57. The lowest BCUT2D eigenvalue weighted by molar-refractivity contribution is -0.0972. The molecule has 0 bridgehead atoms. The zero-order valence-corrected chi connectivity index (χ0v) is 10.9. The van der Waals surface area contributed by atoms with Gasteiger partial charge in [0.2, 0.25) is 0 Å². The van der Waals surface area contributed by atoms with Gasteiger partial charge in [-0.05, 0) is 37.9 Å². The molecule has 0 aromatic heterocycles. The summed E-state index contributed by atoms with van der Waals surface area (Å²) in [6, 6.07) is 8.43. The SMILES string of the molecule is COc1ccccc1C1(C2CCNCC2)COC1. The minimum absolute atomic E-state index is 0.189. The summed E-state index contributed by atoms with van der Waals surface area (Å²) in [4.78, 5) is 0. The van der Waals surface area contributed by atoms with Crippen LogP contribution >= 0.6 is 0 Å². The lowest BCUT2D eigenvalue weighted by atomic mass is 9.65. The highest BCUT2D eigenvalue weighted by molar-refractivity contribution is 5.42. The van der Waals surface area contributed by atoms with Gasteiger partial charge in [-0.25, -0.2) is 0 Å². The van der Waals surface area contributed by atoms with Crippen LogP contribution in [0.15, 0.2) is 24.3 Å². The fourth-order valence-electron chi connectivity index (χ4n) is 3.36. The van der Waals surface area contributed by atoms with Crippen molar-refractivity contribution in [2.45, 2.75) is 18.3 Å². The first kappa shape index (κ1) is 12.0. The first-order chi connectivity index (χ1) is 8.87. The number of hydrogen-bond acceptors (Lipinski definition) is 3. The third-order valence-electron chi connectivity index (χ3n) is 4.48. The number of piperidine rings is 1. The van der Waals surface area contributed by atoms with Crippen LogP contribution in [0.25, 0.3) is 0 Å². The number of ether oxygens (including phenoxy) is 2. The molecule has 0 spiro atoms. The number of benzene rings is 1. The summed E-state index contributed by atoms with van der Waals surface area (Å²) in [7, 11) is 1.76. The van der Waals surface area contributed by atoms with Crippen LogP contribution in [0.1, 0.15) is 18.4 Å². The minimum Gasteiger partial charge on any atom is -0.496 e. The Morgan fingerprint density at radius 3 is 2.56 bits per heavy atom. The topological polar surface area (TPSA) is 30.5 Å². The number of para-hydroxylation sites is 1. The summed E-state index contributed by atoms with van der Waals surface area (Å²) >= 11 is 0. The van der Waals surface area contributed by atoms with E-state index in [9.17, 15) is 0 Å². The van der Waals surface area contributed by atoms with E-state index in [2.05, 4.69) is 23.5 Å². The molecule has 0 saturated carbocycles. The molecule has 1 N–H and O–H groups in total. The molecule has 0 amide bonds. The molecule has 3 heteroatoms. The second-order valence-electron chi connectivity index (χ2n) is 5.37. The van der Waals surface area contributed by atoms with Gasteiger partial charge in [0.25, 0.3) is 0 Å². The molecule has 2 saturated heterocycles. The fraction of sp³-hybridized carbons (Fsp3) is 0.600. The highest BCUT2D eigenvalue weighted by Gasteiger charge is 2.48. The zero-order chi connectivity index (χ0) is 12.4. The van der Waals surface area contributed by atoms with Crippen molar-refractivity contribution >= 4 is 0 Å². The van der Waals surface area contributed by atoms with Gasteiger partial charge < -0.3 is 14.8 Å². The Balaban J connectivity index is 1.94. The van der Waals surface area contributed by atoms with Crippen molar-refractivity contribution in [3.05, 3.63) is 29.8 Å². The standard InChI is InChI=1S/C15H21NO2/c1-17-14-5-3-2-4-13(14)15(10-18-11-15)12-6-8-16-9-7-12/h2-5,12,16H,6-11H2,1H3. The van der Waals surface area contributed by atoms with Crippen LogP contribution in [0.3, 0.4) is 0 Å². The summed E-state index contributed by atoms with van der Waals surface area (Å²) < 4.78 is 11.1. The van der Waals surface area contributed by atoms with Crippen LogP contribution < -0.4 is 10.1 Å². The number of rotatable bonds is 3. The van der Waals surface area contributed by atoms with Crippen LogP contribution in [0.4, 0.5) is 0 Å². The normalized spacial score (nSPS) is 23.4. The van der Waals surface area contributed by atoms with E-state index in [0.29, 0.717) is 5.92 Å². The lowest BCUT2D eigenvalue weighted by Gasteiger charge is -2.49. The van der Waals surface area contributed by atoms with Crippen LogP contribution in [0.5, 0.6) is 5.75 Å². The first-order valence-electron chi connectivity index (χ1n) is 6.79. The molecule has 2 heterocycles. The Labute approximate surface area is 108 Å². The van der Waals surface area contributed by atoms with Crippen molar-refractivity contribution in [2.24, 2.45) is 5.92 Å². The van der Waals surface area contributed by atoms with Crippen molar-refractivity contribution in [1.29, 1.82) is 0 Å². The van der Waals surface area contributed by atoms with Crippen LogP contribution in [-0.2, 0) is 10.2 Å². The van der Waals surface area contributed by atoms with Gasteiger partial charge >= 0.3 is 0 Å². The van der Waals surface area contributed by atoms with Crippen molar-refractivity contribution in [1.82, 2.24) is 5.32 Å². The predicted molar refractivity (Wildman–Crippen MR) is 71.1 cm³/mol. The summed E-state index contributed by atoms with van der Waals surface area (Å²) in [5.41, 5.74) is 1.53. The van der Waals surface area contributed by atoms with Crippen LogP contribution in [0, 0.1) is 5.92 Å². The van der Waals surface area contributed by atoms with Crippen LogP contribution in [0.2, 0.25) is 0 Å². The monoisotopic (exact) mass is 247 g/mol. The fourth-order valence-corrected chi connectivity index (χ4v) is 3.36. The van der Waals surface area contributed by atoms with Gasteiger partial charge in [0, 0.05) is 11.0 Å². The Hall–Kier alpha value is -1.06. The van der Waals surface area contributed by atoms with E-state index in [1.807, 2.05) is 6.07 Å². The average molecular weight is 247 g/mol. The third-order valence-corrected chi connectivity index (χ3v) is 4.48. The Morgan fingerprint density at radius 1 is 1.22 bits per heavy atom. The van der Waals surface area contributed by atoms with Crippen LogP contribution in [-0.4, -0.2) is 33.4 Å². The molecule has 18 heavy (non-hydrogen) atoms. The smallest absolute Gasteiger partial charge is 0.122 e. The predicted octanol–water partition coefficient (Wildman–Crippen LogP) is 1.96. The van der Waals surface area contributed by atoms with E-state index in [0.717, 1.165) is 32.1 Å². The molecule has 3 rings (SSSR count). The maximum absolute atomic E-state index is 5.57. The number of nitrogens with one attached hydrogen (secondary N) is 1. The van der Waals surface area contributed by atoms with E-state index in [-0.39, 0.29) is 5.41 Å². The molecule has 1 aromatic rings. The van der Waals surface area contributed by atoms with E-state index >= 15 is 0 Å². The molecule has 2 aliphatic rings. The third kappa shape index (κ3) is 1.82. The second-order valence-corrected chi connectivity index (χ2v) is 5.37. The first-order valence-corrected chi connectivity index (χ1v) is 6.79. The lowest BCUT2D eigenvalue weighted by Crippen LogP contribution is -2.54. The summed E-state index contributed by atoms with van der Waals surface area (Å²) in [6.45, 7) is 3.94. The summed E-state index contributed by atoms with van der Waals surface area (Å²) in [6.07, 6.45) is 2.48. The molecule has 3 nitrogen and oxygen atoms in total. The summed E-state index contributed by atoms with van der Waals surface area (Å²) in [5, 5.41) is 3.44. The second kappa shape index (κ2) is 4.90. The Bertz CT molecular complexity index is 409. The molecule has 1 aromatic carbocycles. The molecular formula is C15H21NO2. The van der Waals surface area contributed by atoms with E-state index in [1.54, 1.807) is 7.11 Å². The Morgan fingerprint density at radius 2 is 1.94 bits per heavy atom. The molecule has 0 radical (unpaired) electrons. The minimum atomic E-state index is 0.189. The molecule has 0 atom stereocenters. The van der Waals surface area contributed by atoms with Crippen molar-refractivity contribution in [3.63, 3.8) is 0 Å². The van der Waals surface area contributed by atoms with E-state index < -0.39 is 0 Å². The molecule has 0 aliphatic carbocycles. The van der Waals surface area contributed by atoms with E-state index in [4.69, 9.17) is 9.47 Å². The quantitative estimate of drug-likeness (QED) is 0.885. The molecule has 98 valence electrons. The van der Waals surface area contributed by atoms with Gasteiger partial charge in [-0.15, -0.1) is 0 Å². The van der Waals surface area contributed by atoms with E-state index in [1.165, 1.54) is 18.4 Å². The molecule has 2 aliphatic heterocycles. The van der Waals surface area contributed by atoms with Crippen molar-refractivity contribution in [2.75, 3.05) is 33.4 Å². The molecule has 0 unspecified atom stereocenters. The average Bonchev–Trinajstić information content (AvgIpc) is 2.39. The van der Waals surface area contributed by atoms with Crippen molar-refractivity contribution < 1.29 is 9.47 Å². The molecular weight excluding hydrogens is 226 g/mol. The summed E-state index contributed by atoms with van der Waals surface area (Å²) in [5.74, 6) is 1.73. The zero-order valence-electron chi connectivity index (χ0n) is 10.9. The van der Waals surface area contributed by atoms with Gasteiger partial charge in [-0.2, -0.15) is 0 Å². The molecule has 2 fully saturated rings. The Kier molecular flexibility index (Phi) is 3.27. The van der Waals surface area contributed by atoms with Gasteiger partial charge in [-0.1, -0.05) is 18.2 Å². The van der Waals surface area contributed by atoms with Crippen molar-refractivity contribution in [3.8, 4) is 5.75 Å². The largest absolute Gasteiger partial charge is 0.496 e. The maximum Gasteiger partial charge on any atom is 0.122 e. The van der Waals surface area contributed by atoms with Gasteiger partial charge in [0.05, 0.1) is 20.3 Å². The van der Waals surface area contributed by atoms with Gasteiger partial charge in [0.15, 0.2) is 0 Å².